The molecule has 1 aliphatic rings. The SMILES string of the molecule is C=CC(=O)Nc1cccc2c1C(=O)N(C)C2. The second-order valence-electron chi connectivity index (χ2n) is 3.69. The van der Waals surface area contributed by atoms with E-state index >= 15 is 0 Å². The molecule has 4 heteroatoms. The minimum atomic E-state index is -0.309. The molecule has 0 fully saturated rings. The molecule has 0 spiro atoms. The number of carbonyl (C=O) groups excluding carboxylic acids is 2. The Morgan fingerprint density at radius 2 is 2.31 bits per heavy atom. The Kier molecular flexibility index (Phi) is 2.48. The van der Waals surface area contributed by atoms with Gasteiger partial charge in [-0.3, -0.25) is 9.59 Å². The van der Waals surface area contributed by atoms with Gasteiger partial charge in [0.2, 0.25) is 5.91 Å². The minimum absolute atomic E-state index is 0.0602. The molecule has 0 radical (unpaired) electrons. The molecule has 0 saturated heterocycles. The third kappa shape index (κ3) is 1.58. The number of anilines is 1. The van der Waals surface area contributed by atoms with Gasteiger partial charge in [0.15, 0.2) is 0 Å². The standard InChI is InChI=1S/C12H12N2O2/c1-3-10(15)13-9-6-4-5-8-7-14(2)12(16)11(8)9/h3-6H,1,7H2,2H3,(H,13,15). The maximum atomic E-state index is 11.8. The molecule has 2 rings (SSSR count). The van der Waals surface area contributed by atoms with E-state index in [9.17, 15) is 9.59 Å². The predicted molar refractivity (Wildman–Crippen MR) is 61.1 cm³/mol. The molecule has 4 nitrogen and oxygen atoms in total. The minimum Gasteiger partial charge on any atom is -0.337 e. The van der Waals surface area contributed by atoms with E-state index in [0.717, 1.165) is 5.56 Å². The van der Waals surface area contributed by atoms with Gasteiger partial charge < -0.3 is 10.2 Å². The summed E-state index contributed by atoms with van der Waals surface area (Å²) in [6, 6.07) is 5.43. The summed E-state index contributed by atoms with van der Waals surface area (Å²) in [5.41, 5.74) is 2.08. The fourth-order valence-electron chi connectivity index (χ4n) is 1.79. The van der Waals surface area contributed by atoms with Crippen LogP contribution in [0.3, 0.4) is 0 Å². The van der Waals surface area contributed by atoms with Gasteiger partial charge in [0, 0.05) is 13.6 Å². The van der Waals surface area contributed by atoms with Gasteiger partial charge in [0.25, 0.3) is 5.91 Å². The normalized spacial score (nSPS) is 13.6. The first-order valence-electron chi connectivity index (χ1n) is 4.94. The molecule has 0 atom stereocenters. The topological polar surface area (TPSA) is 49.4 Å². The number of fused-ring (bicyclic) bond motifs is 1. The van der Waals surface area contributed by atoms with Crippen LogP contribution in [0, 0.1) is 0 Å². The summed E-state index contributed by atoms with van der Waals surface area (Å²) in [7, 11) is 1.74. The molecular weight excluding hydrogens is 204 g/mol. The van der Waals surface area contributed by atoms with Gasteiger partial charge in [-0.15, -0.1) is 0 Å². The summed E-state index contributed by atoms with van der Waals surface area (Å²) in [5.74, 6) is -0.370. The van der Waals surface area contributed by atoms with Crippen molar-refractivity contribution < 1.29 is 9.59 Å². The Labute approximate surface area is 93.6 Å². The van der Waals surface area contributed by atoms with E-state index < -0.39 is 0 Å². The van der Waals surface area contributed by atoms with Crippen LogP contribution in [0.1, 0.15) is 15.9 Å². The average Bonchev–Trinajstić information content (AvgIpc) is 2.56. The van der Waals surface area contributed by atoms with Crippen molar-refractivity contribution >= 4 is 17.5 Å². The summed E-state index contributed by atoms with van der Waals surface area (Å²) in [4.78, 5) is 24.7. The molecule has 1 aromatic carbocycles. The molecule has 1 N–H and O–H groups in total. The van der Waals surface area contributed by atoms with E-state index in [-0.39, 0.29) is 11.8 Å². The third-order valence-corrected chi connectivity index (χ3v) is 2.56. The number of benzene rings is 1. The highest BCUT2D eigenvalue weighted by molar-refractivity contribution is 6.08. The van der Waals surface area contributed by atoms with Crippen molar-refractivity contribution in [1.82, 2.24) is 4.90 Å². The second-order valence-corrected chi connectivity index (χ2v) is 3.69. The van der Waals surface area contributed by atoms with E-state index in [0.29, 0.717) is 17.8 Å². The largest absolute Gasteiger partial charge is 0.337 e. The first kappa shape index (κ1) is 10.4. The van der Waals surface area contributed by atoms with Crippen molar-refractivity contribution in [2.45, 2.75) is 6.54 Å². The molecule has 0 aromatic heterocycles. The van der Waals surface area contributed by atoms with E-state index in [2.05, 4.69) is 11.9 Å². The van der Waals surface area contributed by atoms with Crippen LogP contribution < -0.4 is 5.32 Å². The van der Waals surface area contributed by atoms with Gasteiger partial charge in [-0.1, -0.05) is 18.7 Å². The average molecular weight is 216 g/mol. The van der Waals surface area contributed by atoms with E-state index in [1.807, 2.05) is 12.1 Å². The number of nitrogens with zero attached hydrogens (tertiary/aromatic N) is 1. The molecule has 2 amide bonds. The Morgan fingerprint density at radius 3 is 3.00 bits per heavy atom. The number of hydrogen-bond donors (Lipinski definition) is 1. The maximum Gasteiger partial charge on any atom is 0.256 e. The quantitative estimate of drug-likeness (QED) is 0.759. The Bertz CT molecular complexity index is 480. The van der Waals surface area contributed by atoms with Crippen LogP contribution in [0.5, 0.6) is 0 Å². The Hall–Kier alpha value is -2.10. The van der Waals surface area contributed by atoms with Crippen LogP contribution in [0.4, 0.5) is 5.69 Å². The van der Waals surface area contributed by atoms with Crippen LogP contribution in [-0.4, -0.2) is 23.8 Å². The Morgan fingerprint density at radius 1 is 1.56 bits per heavy atom. The molecule has 16 heavy (non-hydrogen) atoms. The van der Waals surface area contributed by atoms with Crippen LogP contribution in [0.25, 0.3) is 0 Å². The summed E-state index contributed by atoms with van der Waals surface area (Å²) < 4.78 is 0. The highest BCUT2D eigenvalue weighted by Gasteiger charge is 2.27. The van der Waals surface area contributed by atoms with Crippen molar-refractivity contribution in [3.05, 3.63) is 42.0 Å². The summed E-state index contributed by atoms with van der Waals surface area (Å²) >= 11 is 0. The molecular formula is C12H12N2O2. The van der Waals surface area contributed by atoms with Gasteiger partial charge in [-0.2, -0.15) is 0 Å². The molecule has 0 bridgehead atoms. The molecule has 1 aliphatic heterocycles. The number of hydrogen-bond acceptors (Lipinski definition) is 2. The summed E-state index contributed by atoms with van der Waals surface area (Å²) in [6.07, 6.45) is 1.18. The zero-order valence-electron chi connectivity index (χ0n) is 8.99. The van der Waals surface area contributed by atoms with Crippen LogP contribution in [0.2, 0.25) is 0 Å². The van der Waals surface area contributed by atoms with E-state index in [4.69, 9.17) is 0 Å². The van der Waals surface area contributed by atoms with Crippen molar-refractivity contribution in [2.75, 3.05) is 12.4 Å². The summed E-state index contributed by atoms with van der Waals surface area (Å²) in [6.45, 7) is 3.97. The van der Waals surface area contributed by atoms with E-state index in [1.54, 1.807) is 18.0 Å². The van der Waals surface area contributed by atoms with Gasteiger partial charge >= 0.3 is 0 Å². The lowest BCUT2D eigenvalue weighted by molar-refractivity contribution is -0.111. The van der Waals surface area contributed by atoms with Gasteiger partial charge in [0.05, 0.1) is 11.3 Å². The van der Waals surface area contributed by atoms with Crippen LogP contribution >= 0.6 is 0 Å². The molecule has 0 aliphatic carbocycles. The lowest BCUT2D eigenvalue weighted by Gasteiger charge is -2.07. The fourth-order valence-corrected chi connectivity index (χ4v) is 1.79. The van der Waals surface area contributed by atoms with Crippen molar-refractivity contribution in [1.29, 1.82) is 0 Å². The highest BCUT2D eigenvalue weighted by Crippen LogP contribution is 2.28. The van der Waals surface area contributed by atoms with Gasteiger partial charge in [0.1, 0.15) is 0 Å². The highest BCUT2D eigenvalue weighted by atomic mass is 16.2. The smallest absolute Gasteiger partial charge is 0.256 e. The molecule has 0 saturated carbocycles. The zero-order chi connectivity index (χ0) is 11.7. The van der Waals surface area contributed by atoms with Gasteiger partial charge in [-0.25, -0.2) is 0 Å². The fraction of sp³-hybridized carbons (Fsp3) is 0.167. The van der Waals surface area contributed by atoms with Crippen molar-refractivity contribution in [3.63, 3.8) is 0 Å². The number of carbonyl (C=O) groups is 2. The van der Waals surface area contributed by atoms with Crippen LogP contribution in [-0.2, 0) is 11.3 Å². The van der Waals surface area contributed by atoms with Crippen molar-refractivity contribution in [2.24, 2.45) is 0 Å². The predicted octanol–water partition coefficient (Wildman–Crippen LogP) is 1.40. The number of rotatable bonds is 2. The molecule has 82 valence electrons. The molecule has 0 unspecified atom stereocenters. The van der Waals surface area contributed by atoms with Gasteiger partial charge in [-0.05, 0) is 17.7 Å². The maximum absolute atomic E-state index is 11.8. The molecule has 1 heterocycles. The molecule has 1 aromatic rings. The van der Waals surface area contributed by atoms with Crippen molar-refractivity contribution in [3.8, 4) is 0 Å². The lowest BCUT2D eigenvalue weighted by Crippen LogP contribution is -2.19. The number of nitrogens with one attached hydrogen (secondary N) is 1. The second kappa shape index (κ2) is 3.81. The zero-order valence-corrected chi connectivity index (χ0v) is 8.99. The van der Waals surface area contributed by atoms with E-state index in [1.165, 1.54) is 6.08 Å². The Balaban J connectivity index is 2.42. The third-order valence-electron chi connectivity index (χ3n) is 2.56. The van der Waals surface area contributed by atoms with Crippen LogP contribution in [0.15, 0.2) is 30.9 Å². The lowest BCUT2D eigenvalue weighted by atomic mass is 10.1. The first-order valence-corrected chi connectivity index (χ1v) is 4.94. The number of amides is 2. The monoisotopic (exact) mass is 216 g/mol. The first-order chi connectivity index (χ1) is 7.63. The summed E-state index contributed by atoms with van der Waals surface area (Å²) in [5, 5.41) is 2.64.